The molecule has 0 aliphatic carbocycles. The van der Waals surface area contributed by atoms with Crippen LogP contribution in [0, 0.1) is 0 Å². The lowest BCUT2D eigenvalue weighted by atomic mass is 10.0. The maximum Gasteiger partial charge on any atom is 0.0571 e. The summed E-state index contributed by atoms with van der Waals surface area (Å²) in [5.41, 5.74) is 0. The quantitative estimate of drug-likeness (QED) is 0.0870. The van der Waals surface area contributed by atoms with Gasteiger partial charge in [0.1, 0.15) is 0 Å². The zero-order valence-corrected chi connectivity index (χ0v) is 25.2. The van der Waals surface area contributed by atoms with Crippen molar-refractivity contribution in [1.29, 1.82) is 0 Å². The van der Waals surface area contributed by atoms with Crippen molar-refractivity contribution in [2.24, 2.45) is 0 Å². The van der Waals surface area contributed by atoms with Gasteiger partial charge in [0.2, 0.25) is 0 Å². The van der Waals surface area contributed by atoms with Crippen molar-refractivity contribution >= 4 is 0 Å². The highest BCUT2D eigenvalue weighted by Gasteiger charge is 2.06. The predicted octanol–water partition coefficient (Wildman–Crippen LogP) is 12.7. The second-order valence-electron chi connectivity index (χ2n) is 11.6. The summed E-state index contributed by atoms with van der Waals surface area (Å²) in [7, 11) is 1.93. The third kappa shape index (κ3) is 30.1. The first kappa shape index (κ1) is 35.0. The smallest absolute Gasteiger partial charge is 0.0571 e. The van der Waals surface area contributed by atoms with Crippen LogP contribution in [0.1, 0.15) is 206 Å². The summed E-state index contributed by atoms with van der Waals surface area (Å²) in [5, 5.41) is 0. The van der Waals surface area contributed by atoms with Crippen molar-refractivity contribution in [3.63, 3.8) is 0 Å². The van der Waals surface area contributed by atoms with Crippen LogP contribution in [0.25, 0.3) is 0 Å². The predicted molar refractivity (Wildman–Crippen MR) is 161 cm³/mol. The van der Waals surface area contributed by atoms with Gasteiger partial charge in [-0.1, -0.05) is 194 Å². The van der Waals surface area contributed by atoms with Gasteiger partial charge in [-0.05, 0) is 12.8 Å². The first-order chi connectivity index (χ1) is 17.3. The maximum atomic E-state index is 5.77. The molecule has 0 saturated heterocycles. The molecule has 0 rings (SSSR count). The van der Waals surface area contributed by atoms with Crippen molar-refractivity contribution in [3.05, 3.63) is 0 Å². The lowest BCUT2D eigenvalue weighted by molar-refractivity contribution is 0.0831. The fourth-order valence-corrected chi connectivity index (χ4v) is 5.51. The van der Waals surface area contributed by atoms with Crippen molar-refractivity contribution < 1.29 is 4.74 Å². The summed E-state index contributed by atoms with van der Waals surface area (Å²) >= 11 is 0. The number of hydrogen-bond donors (Lipinski definition) is 0. The lowest BCUT2D eigenvalue weighted by Crippen LogP contribution is -2.10. The third-order valence-electron chi connectivity index (χ3n) is 8.09. The van der Waals surface area contributed by atoms with Crippen LogP contribution >= 0.6 is 0 Å². The molecule has 0 heterocycles. The van der Waals surface area contributed by atoms with Gasteiger partial charge >= 0.3 is 0 Å². The van der Waals surface area contributed by atoms with E-state index in [9.17, 15) is 0 Å². The second-order valence-corrected chi connectivity index (χ2v) is 11.6. The minimum absolute atomic E-state index is 0.518. The number of unbranched alkanes of at least 4 members (excludes halogenated alkanes) is 26. The molecule has 0 fully saturated rings. The molecular weight excluding hydrogens is 424 g/mol. The van der Waals surface area contributed by atoms with Crippen molar-refractivity contribution in [1.82, 2.24) is 0 Å². The van der Waals surface area contributed by atoms with Gasteiger partial charge in [0.15, 0.2) is 0 Å². The maximum absolute atomic E-state index is 5.77. The summed E-state index contributed by atoms with van der Waals surface area (Å²) in [6, 6.07) is 0. The number of methoxy groups -OCH3 is 1. The van der Waals surface area contributed by atoms with Crippen molar-refractivity contribution in [2.75, 3.05) is 7.11 Å². The molecule has 35 heavy (non-hydrogen) atoms. The second kappa shape index (κ2) is 32.0. The molecule has 0 N–H and O–H groups in total. The Kier molecular flexibility index (Phi) is 32.0. The van der Waals surface area contributed by atoms with Crippen LogP contribution in [-0.2, 0) is 4.74 Å². The van der Waals surface area contributed by atoms with Crippen LogP contribution < -0.4 is 0 Å². The van der Waals surface area contributed by atoms with E-state index in [0.717, 1.165) is 0 Å². The fourth-order valence-electron chi connectivity index (χ4n) is 5.51. The molecule has 0 spiro atoms. The molecule has 0 aromatic heterocycles. The third-order valence-corrected chi connectivity index (χ3v) is 8.09. The Hall–Kier alpha value is -0.0400. The van der Waals surface area contributed by atoms with Crippen LogP contribution in [0.2, 0.25) is 0 Å². The molecular formula is C34H70O. The van der Waals surface area contributed by atoms with Gasteiger partial charge in [-0.3, -0.25) is 0 Å². The van der Waals surface area contributed by atoms with E-state index in [1.807, 2.05) is 7.11 Å². The highest BCUT2D eigenvalue weighted by Crippen LogP contribution is 2.18. The SMILES string of the molecule is CCCCCCCCCCCCCCCCCCC(CCCCCCCCCCCCCC)OC. The Labute approximate surface area is 224 Å². The monoisotopic (exact) mass is 495 g/mol. The van der Waals surface area contributed by atoms with Crippen molar-refractivity contribution in [3.8, 4) is 0 Å². The number of ether oxygens (including phenoxy) is 1. The van der Waals surface area contributed by atoms with Gasteiger partial charge in [0, 0.05) is 7.11 Å². The molecule has 0 aliphatic heterocycles. The molecule has 1 atom stereocenters. The molecule has 0 bridgehead atoms. The van der Waals surface area contributed by atoms with Crippen LogP contribution in [0.15, 0.2) is 0 Å². The van der Waals surface area contributed by atoms with Crippen LogP contribution in [0.3, 0.4) is 0 Å². The molecule has 0 aromatic rings. The lowest BCUT2D eigenvalue weighted by Gasteiger charge is -2.15. The zero-order valence-electron chi connectivity index (χ0n) is 25.2. The van der Waals surface area contributed by atoms with Crippen LogP contribution in [-0.4, -0.2) is 13.2 Å². The highest BCUT2D eigenvalue weighted by atomic mass is 16.5. The summed E-state index contributed by atoms with van der Waals surface area (Å²) in [6.07, 6.45) is 43.5. The van der Waals surface area contributed by atoms with E-state index < -0.39 is 0 Å². The van der Waals surface area contributed by atoms with Gasteiger partial charge in [-0.15, -0.1) is 0 Å². The standard InChI is InChI=1S/C34H70O/c1-4-6-8-10-12-14-16-18-19-20-21-23-25-27-29-31-33-34(35-3)32-30-28-26-24-22-17-15-13-11-9-7-5-2/h34H,4-33H2,1-3H3. The average molecular weight is 495 g/mol. The molecule has 1 heteroatoms. The Morgan fingerprint density at radius 1 is 0.314 bits per heavy atom. The first-order valence-electron chi connectivity index (χ1n) is 16.9. The van der Waals surface area contributed by atoms with E-state index >= 15 is 0 Å². The van der Waals surface area contributed by atoms with E-state index in [-0.39, 0.29) is 0 Å². The normalized spacial score (nSPS) is 12.4. The summed E-state index contributed by atoms with van der Waals surface area (Å²) in [4.78, 5) is 0. The minimum Gasteiger partial charge on any atom is -0.381 e. The van der Waals surface area contributed by atoms with E-state index in [1.165, 1.54) is 193 Å². The van der Waals surface area contributed by atoms with Gasteiger partial charge in [-0.2, -0.15) is 0 Å². The van der Waals surface area contributed by atoms with Crippen molar-refractivity contribution in [2.45, 2.75) is 213 Å². The Morgan fingerprint density at radius 3 is 0.714 bits per heavy atom. The van der Waals surface area contributed by atoms with Gasteiger partial charge in [0.25, 0.3) is 0 Å². The van der Waals surface area contributed by atoms with E-state index in [2.05, 4.69) is 13.8 Å². The summed E-state index contributed by atoms with van der Waals surface area (Å²) < 4.78 is 5.77. The Bertz CT molecular complexity index is 352. The Morgan fingerprint density at radius 2 is 0.514 bits per heavy atom. The minimum atomic E-state index is 0.518. The molecule has 212 valence electrons. The van der Waals surface area contributed by atoms with E-state index in [1.54, 1.807) is 0 Å². The number of hydrogen-bond acceptors (Lipinski definition) is 1. The number of rotatable bonds is 31. The van der Waals surface area contributed by atoms with Gasteiger partial charge < -0.3 is 4.74 Å². The van der Waals surface area contributed by atoms with Crippen LogP contribution in [0.4, 0.5) is 0 Å². The van der Waals surface area contributed by atoms with E-state index in [4.69, 9.17) is 4.74 Å². The van der Waals surface area contributed by atoms with Crippen LogP contribution in [0.5, 0.6) is 0 Å². The summed E-state index contributed by atoms with van der Waals surface area (Å²) in [5.74, 6) is 0. The first-order valence-corrected chi connectivity index (χ1v) is 16.9. The largest absolute Gasteiger partial charge is 0.381 e. The topological polar surface area (TPSA) is 9.23 Å². The molecule has 0 saturated carbocycles. The average Bonchev–Trinajstić information content (AvgIpc) is 2.87. The van der Waals surface area contributed by atoms with Gasteiger partial charge in [0.05, 0.1) is 6.10 Å². The molecule has 1 nitrogen and oxygen atoms in total. The van der Waals surface area contributed by atoms with E-state index in [0.29, 0.717) is 6.10 Å². The Balaban J connectivity index is 3.25. The molecule has 1 unspecified atom stereocenters. The molecule has 0 amide bonds. The molecule has 0 aromatic carbocycles. The molecule has 0 radical (unpaired) electrons. The van der Waals surface area contributed by atoms with Gasteiger partial charge in [-0.25, -0.2) is 0 Å². The molecule has 0 aliphatic rings. The summed E-state index contributed by atoms with van der Waals surface area (Å²) in [6.45, 7) is 4.61. The highest BCUT2D eigenvalue weighted by molar-refractivity contribution is 4.60. The fraction of sp³-hybridized carbons (Fsp3) is 1.00. The zero-order chi connectivity index (χ0) is 25.5.